The molecule has 1 N–H and O–H groups in total. The van der Waals surface area contributed by atoms with Gasteiger partial charge in [0.2, 0.25) is 6.29 Å². The van der Waals surface area contributed by atoms with Crippen LogP contribution in [0.5, 0.6) is 0 Å². The molecule has 0 amide bonds. The Balaban J connectivity index is 2.87. The van der Waals surface area contributed by atoms with Crippen molar-refractivity contribution < 1.29 is 19.4 Å². The minimum atomic E-state index is -1.07. The molecule has 1 aliphatic heterocycles. The van der Waals surface area contributed by atoms with Gasteiger partial charge >= 0.3 is 5.97 Å². The number of carbonyl (C=O) groups is 1. The van der Waals surface area contributed by atoms with E-state index < -0.39 is 12.3 Å². The molecule has 1 heterocycles. The number of rotatable bonds is 6. The second-order valence-electron chi connectivity index (χ2n) is 5.19. The third kappa shape index (κ3) is 6.54. The maximum Gasteiger partial charge on any atom is 0.338 e. The highest BCUT2D eigenvalue weighted by molar-refractivity contribution is 8.03. The largest absolute Gasteiger partial charge is 0.468 e. The topological polar surface area (TPSA) is 55.8 Å². The van der Waals surface area contributed by atoms with Crippen molar-refractivity contribution in [2.24, 2.45) is 0 Å². The monoisotopic (exact) mass is 324 g/mol. The summed E-state index contributed by atoms with van der Waals surface area (Å²) in [5.41, 5.74) is 2.39. The number of aliphatic hydroxyl groups excluding tert-OH is 1. The first-order valence-corrected chi connectivity index (χ1v) is 8.23. The second kappa shape index (κ2) is 9.54. The average Bonchev–Trinajstić information content (AvgIpc) is 2.64. The molecule has 122 valence electrons. The summed E-state index contributed by atoms with van der Waals surface area (Å²) in [5.74, 6) is -0.412. The van der Waals surface area contributed by atoms with Gasteiger partial charge in [-0.15, -0.1) is 11.8 Å². The van der Waals surface area contributed by atoms with E-state index >= 15 is 0 Å². The van der Waals surface area contributed by atoms with Gasteiger partial charge in [-0.3, -0.25) is 0 Å². The average molecular weight is 324 g/mol. The van der Waals surface area contributed by atoms with Crippen molar-refractivity contribution in [2.45, 2.75) is 45.2 Å². The van der Waals surface area contributed by atoms with Crippen LogP contribution >= 0.6 is 11.8 Å². The number of esters is 1. The molecule has 0 spiro atoms. The summed E-state index contributed by atoms with van der Waals surface area (Å²) in [5, 5.41) is 11.6. The van der Waals surface area contributed by atoms with Gasteiger partial charge in [0, 0.05) is 5.25 Å². The first kappa shape index (κ1) is 18.6. The molecule has 0 aliphatic carbocycles. The minimum Gasteiger partial charge on any atom is -0.468 e. The van der Waals surface area contributed by atoms with E-state index in [1.54, 1.807) is 13.0 Å². The number of allylic oxidation sites excluding steroid dienone is 3. The zero-order valence-electron chi connectivity index (χ0n) is 13.4. The van der Waals surface area contributed by atoms with Gasteiger partial charge in [-0.25, -0.2) is 4.79 Å². The molecule has 0 bridgehead atoms. The van der Waals surface area contributed by atoms with Gasteiger partial charge in [0.05, 0.1) is 18.4 Å². The zero-order valence-corrected chi connectivity index (χ0v) is 14.2. The molecule has 0 fully saturated rings. The Labute approximate surface area is 136 Å². The fourth-order valence-electron chi connectivity index (χ4n) is 1.86. The summed E-state index contributed by atoms with van der Waals surface area (Å²) in [6.45, 7) is 9.72. The highest BCUT2D eigenvalue weighted by atomic mass is 32.2. The van der Waals surface area contributed by atoms with Gasteiger partial charge in [0.1, 0.15) is 0 Å². The predicted molar refractivity (Wildman–Crippen MR) is 90.1 cm³/mol. The summed E-state index contributed by atoms with van der Waals surface area (Å²) in [7, 11) is 0. The summed E-state index contributed by atoms with van der Waals surface area (Å²) < 4.78 is 10.4. The summed E-state index contributed by atoms with van der Waals surface area (Å²) in [6.07, 6.45) is 5.34. The predicted octanol–water partition coefficient (Wildman–Crippen LogP) is 3.70. The Bertz CT molecular complexity index is 487. The molecule has 0 aromatic carbocycles. The van der Waals surface area contributed by atoms with E-state index in [-0.39, 0.29) is 5.25 Å². The van der Waals surface area contributed by atoms with Crippen LogP contribution in [0.2, 0.25) is 0 Å². The molecule has 0 radical (unpaired) electrons. The fraction of sp³-hybridized carbons (Fsp3) is 0.471. The minimum absolute atomic E-state index is 0.0755. The van der Waals surface area contributed by atoms with Crippen LogP contribution in [-0.4, -0.2) is 29.2 Å². The summed E-state index contributed by atoms with van der Waals surface area (Å²) in [6, 6.07) is 0. The molecule has 4 nitrogen and oxygen atoms in total. The number of ether oxygens (including phenoxy) is 2. The second-order valence-corrected chi connectivity index (χ2v) is 6.30. The van der Waals surface area contributed by atoms with Crippen LogP contribution in [0.1, 0.15) is 33.6 Å². The van der Waals surface area contributed by atoms with Gasteiger partial charge in [0.25, 0.3) is 0 Å². The number of hydrogen-bond donors (Lipinski definition) is 1. The number of hydrogen-bond acceptors (Lipinski definition) is 5. The molecule has 0 saturated heterocycles. The van der Waals surface area contributed by atoms with E-state index in [0.717, 1.165) is 24.0 Å². The molecule has 0 aromatic rings. The lowest BCUT2D eigenvalue weighted by atomic mass is 10.1. The Morgan fingerprint density at radius 1 is 1.59 bits per heavy atom. The number of carbonyl (C=O) groups excluding carboxylic acids is 1. The van der Waals surface area contributed by atoms with E-state index in [4.69, 9.17) is 9.47 Å². The Kier molecular flexibility index (Phi) is 8.06. The molecule has 22 heavy (non-hydrogen) atoms. The van der Waals surface area contributed by atoms with Crippen molar-refractivity contribution in [3.8, 4) is 0 Å². The molecule has 5 heteroatoms. The standard InChI is InChI=1S/C17H24O4S/c1-5-20-17(19)14(11-21-16(18)10-12(2)3)15-7-6-13(4)8-9-22-15/h8-11,15-16,18H,4-7H2,1-3H3/b14-11+. The van der Waals surface area contributed by atoms with Gasteiger partial charge < -0.3 is 14.6 Å². The van der Waals surface area contributed by atoms with Gasteiger partial charge in [-0.1, -0.05) is 23.8 Å². The Hall–Kier alpha value is -1.46. The number of thioether (sulfide) groups is 1. The smallest absolute Gasteiger partial charge is 0.338 e. The van der Waals surface area contributed by atoms with Crippen LogP contribution < -0.4 is 0 Å². The van der Waals surface area contributed by atoms with E-state index in [9.17, 15) is 9.90 Å². The molecular weight excluding hydrogens is 300 g/mol. The van der Waals surface area contributed by atoms with Gasteiger partial charge in [-0.05, 0) is 45.1 Å². The van der Waals surface area contributed by atoms with Crippen LogP contribution in [0.3, 0.4) is 0 Å². The first-order valence-electron chi connectivity index (χ1n) is 7.29. The van der Waals surface area contributed by atoms with Crippen molar-refractivity contribution in [1.82, 2.24) is 0 Å². The van der Waals surface area contributed by atoms with Crippen molar-refractivity contribution in [3.05, 3.63) is 47.1 Å². The van der Waals surface area contributed by atoms with Crippen molar-refractivity contribution in [3.63, 3.8) is 0 Å². The van der Waals surface area contributed by atoms with E-state index in [1.165, 1.54) is 18.0 Å². The van der Waals surface area contributed by atoms with Crippen molar-refractivity contribution >= 4 is 17.7 Å². The zero-order chi connectivity index (χ0) is 16.5. The molecule has 0 aromatic heterocycles. The Morgan fingerprint density at radius 2 is 2.32 bits per heavy atom. The quantitative estimate of drug-likeness (QED) is 0.265. The SMILES string of the molecule is C=C1C=CSC(/C(=C\OC(O)C=C(C)C)C(=O)OCC)CC1. The van der Waals surface area contributed by atoms with Gasteiger partial charge in [-0.2, -0.15) is 0 Å². The molecule has 0 saturated carbocycles. The summed E-state index contributed by atoms with van der Waals surface area (Å²) in [4.78, 5) is 12.1. The van der Waals surface area contributed by atoms with E-state index in [1.807, 2.05) is 25.3 Å². The third-order valence-corrected chi connectivity index (χ3v) is 4.05. The number of aliphatic hydroxyl groups is 1. The van der Waals surface area contributed by atoms with E-state index in [2.05, 4.69) is 6.58 Å². The van der Waals surface area contributed by atoms with Crippen LogP contribution in [0.25, 0.3) is 0 Å². The van der Waals surface area contributed by atoms with Crippen molar-refractivity contribution in [1.29, 1.82) is 0 Å². The van der Waals surface area contributed by atoms with Crippen LogP contribution in [0.15, 0.2) is 47.1 Å². The molecule has 2 atom stereocenters. The van der Waals surface area contributed by atoms with Crippen LogP contribution in [-0.2, 0) is 14.3 Å². The van der Waals surface area contributed by atoms with Gasteiger partial charge in [0.15, 0.2) is 0 Å². The maximum atomic E-state index is 12.1. The molecule has 1 aliphatic rings. The van der Waals surface area contributed by atoms with Crippen molar-refractivity contribution in [2.75, 3.05) is 6.61 Å². The molecule has 1 rings (SSSR count). The Morgan fingerprint density at radius 3 is 2.95 bits per heavy atom. The highest BCUT2D eigenvalue weighted by Gasteiger charge is 2.24. The highest BCUT2D eigenvalue weighted by Crippen LogP contribution is 2.31. The fourth-order valence-corrected chi connectivity index (χ4v) is 2.88. The maximum absolute atomic E-state index is 12.1. The third-order valence-electron chi connectivity index (χ3n) is 2.94. The molecule has 2 unspecified atom stereocenters. The first-order chi connectivity index (χ1) is 10.4. The lowest BCUT2D eigenvalue weighted by Gasteiger charge is -2.17. The lowest BCUT2D eigenvalue weighted by Crippen LogP contribution is -2.19. The van der Waals surface area contributed by atoms with Crippen LogP contribution in [0.4, 0.5) is 0 Å². The summed E-state index contributed by atoms with van der Waals surface area (Å²) >= 11 is 1.53. The molecular formula is C17H24O4S. The van der Waals surface area contributed by atoms with E-state index in [0.29, 0.717) is 12.2 Å². The van der Waals surface area contributed by atoms with Crippen LogP contribution in [0, 0.1) is 0 Å². The normalized spacial score (nSPS) is 20.1. The lowest BCUT2D eigenvalue weighted by molar-refractivity contribution is -0.138.